The minimum absolute atomic E-state index is 0.0441. The monoisotopic (exact) mass is 523 g/mol. The fourth-order valence-electron chi connectivity index (χ4n) is 4.14. The number of amidine groups is 1. The largest absolute Gasteiger partial charge is 0.370 e. The van der Waals surface area contributed by atoms with Crippen molar-refractivity contribution in [2.75, 3.05) is 13.1 Å². The van der Waals surface area contributed by atoms with Crippen LogP contribution >= 0.6 is 11.6 Å². The van der Waals surface area contributed by atoms with E-state index in [0.717, 1.165) is 31.2 Å². The lowest BCUT2D eigenvalue weighted by Gasteiger charge is -2.09. The topological polar surface area (TPSA) is 139 Å². The predicted octanol–water partition coefficient (Wildman–Crippen LogP) is 4.11. The van der Waals surface area contributed by atoms with Gasteiger partial charge >= 0.3 is 5.69 Å². The highest BCUT2D eigenvalue weighted by atomic mass is 35.5. The molecule has 194 valence electrons. The van der Waals surface area contributed by atoms with Crippen molar-refractivity contribution in [3.8, 4) is 16.9 Å². The Morgan fingerprint density at radius 2 is 2.00 bits per heavy atom. The zero-order valence-corrected chi connectivity index (χ0v) is 21.4. The lowest BCUT2D eigenvalue weighted by molar-refractivity contribution is 0.618. The van der Waals surface area contributed by atoms with Gasteiger partial charge in [-0.15, -0.1) is 0 Å². The molecule has 2 aromatic heterocycles. The summed E-state index contributed by atoms with van der Waals surface area (Å²) in [6.45, 7) is 3.13. The number of fused-ring (bicyclic) bond motifs is 1. The van der Waals surface area contributed by atoms with Gasteiger partial charge in [0.1, 0.15) is 11.5 Å². The summed E-state index contributed by atoms with van der Waals surface area (Å²) < 4.78 is 16.4. The summed E-state index contributed by atoms with van der Waals surface area (Å²) in [5, 5.41) is 11.8. The molecule has 7 N–H and O–H groups in total. The maximum absolute atomic E-state index is 15.0. The van der Waals surface area contributed by atoms with Crippen LogP contribution in [-0.2, 0) is 6.42 Å². The number of nitrogens with two attached hydrogens (primary N) is 2. The van der Waals surface area contributed by atoms with Crippen LogP contribution in [0, 0.1) is 11.2 Å². The van der Waals surface area contributed by atoms with Gasteiger partial charge in [-0.1, -0.05) is 11.6 Å². The minimum Gasteiger partial charge on any atom is -0.370 e. The number of halogens is 2. The smallest absolute Gasteiger partial charge is 0.354 e. The number of benzene rings is 2. The molecule has 0 bridgehead atoms. The first-order chi connectivity index (χ1) is 17.8. The van der Waals surface area contributed by atoms with E-state index in [0.29, 0.717) is 46.6 Å². The summed E-state index contributed by atoms with van der Waals surface area (Å²) >= 11 is 6.20. The predicted molar refractivity (Wildman–Crippen MR) is 147 cm³/mol. The van der Waals surface area contributed by atoms with Gasteiger partial charge in [-0.2, -0.15) is 4.98 Å². The van der Waals surface area contributed by atoms with E-state index >= 15 is 0 Å². The van der Waals surface area contributed by atoms with E-state index in [-0.39, 0.29) is 16.9 Å². The third kappa shape index (κ3) is 6.25. The summed E-state index contributed by atoms with van der Waals surface area (Å²) in [7, 11) is 0. The number of aryl methyl sites for hydroxylation is 1. The molecule has 0 aliphatic carbocycles. The Morgan fingerprint density at radius 3 is 2.70 bits per heavy atom. The second-order valence-electron chi connectivity index (χ2n) is 9.18. The number of hydrogen-bond acceptors (Lipinski definition) is 5. The molecular weight excluding hydrogens is 493 g/mol. The van der Waals surface area contributed by atoms with Crippen LogP contribution in [0.1, 0.15) is 37.3 Å². The van der Waals surface area contributed by atoms with Gasteiger partial charge in [0.2, 0.25) is 0 Å². The molecule has 0 saturated heterocycles. The lowest BCUT2D eigenvalue weighted by Crippen LogP contribution is -2.26. The highest BCUT2D eigenvalue weighted by Crippen LogP contribution is 2.31. The van der Waals surface area contributed by atoms with E-state index in [1.54, 1.807) is 48.7 Å². The molecule has 8 nitrogen and oxygen atoms in total. The van der Waals surface area contributed by atoms with Crippen LogP contribution in [0.4, 0.5) is 4.39 Å². The highest BCUT2D eigenvalue weighted by Gasteiger charge is 2.15. The molecule has 0 fully saturated rings. The number of H-pyrrole nitrogens is 1. The maximum atomic E-state index is 15.0. The average molecular weight is 524 g/mol. The molecule has 10 heteroatoms. The second kappa shape index (κ2) is 11.7. The lowest BCUT2D eigenvalue weighted by atomic mass is 10.0. The molecule has 4 rings (SSSR count). The van der Waals surface area contributed by atoms with Gasteiger partial charge in [-0.3, -0.25) is 9.98 Å². The first-order valence-corrected chi connectivity index (χ1v) is 12.6. The van der Waals surface area contributed by atoms with E-state index in [2.05, 4.69) is 15.3 Å². The Balaban J connectivity index is 1.62. The number of aromatic nitrogens is 3. The molecule has 2 aromatic carbocycles. The van der Waals surface area contributed by atoms with Gasteiger partial charge in [0.25, 0.3) is 0 Å². The fourth-order valence-corrected chi connectivity index (χ4v) is 4.39. The Hall–Kier alpha value is -3.53. The summed E-state index contributed by atoms with van der Waals surface area (Å²) in [4.78, 5) is 20.0. The summed E-state index contributed by atoms with van der Waals surface area (Å²) in [6.07, 6.45) is 4.90. The van der Waals surface area contributed by atoms with Gasteiger partial charge < -0.3 is 21.8 Å². The van der Waals surface area contributed by atoms with E-state index in [9.17, 15) is 9.18 Å². The second-order valence-corrected chi connectivity index (χ2v) is 9.59. The van der Waals surface area contributed by atoms with Crippen molar-refractivity contribution in [1.29, 1.82) is 5.41 Å². The minimum atomic E-state index is -0.530. The fraction of sp³-hybridized carbons (Fsp3) is 0.296. The van der Waals surface area contributed by atoms with Gasteiger partial charge in [-0.05, 0) is 87.2 Å². The molecule has 2 heterocycles. The Bertz CT molecular complexity index is 1460. The standard InChI is InChI=1S/C27H31ClFN7O/c1-16(31)4-2-5-17-12-21(24(29)22(28)13-17)23-14-19-15-36(27(37)35-26(19)34-23)20-8-6-18(7-9-20)25(32)33-11-3-10-30/h6-9,12-16H,2-5,10-11,30-31H2,1H3,(H2,32,33)(H,34,35,37)/t16-/m0/s1. The van der Waals surface area contributed by atoms with E-state index < -0.39 is 11.5 Å². The molecular formula is C27H31ClFN7O. The molecule has 0 radical (unpaired) electrons. The van der Waals surface area contributed by atoms with Crippen LogP contribution in [0.5, 0.6) is 0 Å². The molecule has 37 heavy (non-hydrogen) atoms. The average Bonchev–Trinajstić information content (AvgIpc) is 3.28. The first kappa shape index (κ1) is 26.5. The van der Waals surface area contributed by atoms with Crippen molar-refractivity contribution in [3.63, 3.8) is 0 Å². The molecule has 4 aromatic rings. The highest BCUT2D eigenvalue weighted by molar-refractivity contribution is 6.31. The van der Waals surface area contributed by atoms with Crippen LogP contribution in [0.25, 0.3) is 28.0 Å². The third-order valence-corrected chi connectivity index (χ3v) is 6.40. The number of aromatic amines is 1. The Morgan fingerprint density at radius 1 is 1.24 bits per heavy atom. The van der Waals surface area contributed by atoms with Crippen LogP contribution in [0.15, 0.2) is 53.5 Å². The van der Waals surface area contributed by atoms with Gasteiger partial charge in [0.05, 0.1) is 16.4 Å². The number of nitrogens with one attached hydrogen (secondary N) is 3. The number of rotatable bonds is 10. The van der Waals surface area contributed by atoms with Crippen molar-refractivity contribution in [3.05, 3.63) is 81.1 Å². The molecule has 0 aliphatic rings. The van der Waals surface area contributed by atoms with Crippen LogP contribution in [0.3, 0.4) is 0 Å². The first-order valence-electron chi connectivity index (χ1n) is 12.3. The summed E-state index contributed by atoms with van der Waals surface area (Å²) in [5.74, 6) is -0.242. The molecule has 0 aliphatic heterocycles. The quantitative estimate of drug-likeness (QED) is 0.121. The Labute approximate surface area is 219 Å². The maximum Gasteiger partial charge on any atom is 0.354 e. The zero-order chi connectivity index (χ0) is 26.5. The number of nitrogens with zero attached hydrogens (tertiary/aromatic N) is 2. The molecule has 0 spiro atoms. The zero-order valence-electron chi connectivity index (χ0n) is 20.7. The van der Waals surface area contributed by atoms with Crippen molar-refractivity contribution in [2.24, 2.45) is 11.5 Å². The van der Waals surface area contributed by atoms with Gasteiger partial charge in [0.15, 0.2) is 5.82 Å². The van der Waals surface area contributed by atoms with E-state index in [4.69, 9.17) is 28.5 Å². The van der Waals surface area contributed by atoms with Crippen LogP contribution in [0.2, 0.25) is 5.02 Å². The summed E-state index contributed by atoms with van der Waals surface area (Å²) in [6, 6.07) is 12.3. The summed E-state index contributed by atoms with van der Waals surface area (Å²) in [5.41, 5.74) is 14.2. The SMILES string of the molecule is C[C@H](N)CCCc1cc(Cl)c(F)c(-c2cc3cn(-c4ccc(C(=N)NCCCN)cc4)c(=O)nc3[nH]2)c1. The molecule has 0 amide bonds. The number of hydrogen-bond donors (Lipinski definition) is 5. The van der Waals surface area contributed by atoms with E-state index in [1.165, 1.54) is 4.57 Å². The molecule has 0 saturated carbocycles. The van der Waals surface area contributed by atoms with Crippen molar-refractivity contribution < 1.29 is 4.39 Å². The van der Waals surface area contributed by atoms with Crippen LogP contribution in [-0.4, -0.2) is 39.5 Å². The van der Waals surface area contributed by atoms with Crippen molar-refractivity contribution >= 4 is 28.5 Å². The van der Waals surface area contributed by atoms with Crippen molar-refractivity contribution in [1.82, 2.24) is 19.9 Å². The molecule has 0 unspecified atom stereocenters. The van der Waals surface area contributed by atoms with Crippen LogP contribution < -0.4 is 22.5 Å². The van der Waals surface area contributed by atoms with Crippen molar-refractivity contribution in [2.45, 2.75) is 38.6 Å². The Kier molecular flexibility index (Phi) is 8.38. The van der Waals surface area contributed by atoms with E-state index in [1.807, 2.05) is 6.92 Å². The third-order valence-electron chi connectivity index (χ3n) is 6.13. The van der Waals surface area contributed by atoms with Gasteiger partial charge in [0, 0.05) is 35.3 Å². The van der Waals surface area contributed by atoms with Gasteiger partial charge in [-0.25, -0.2) is 9.18 Å². The normalized spacial score (nSPS) is 12.1. The molecule has 1 atom stereocenters.